The molecule has 1 aromatic carbocycles. The third kappa shape index (κ3) is 1.93. The van der Waals surface area contributed by atoms with E-state index >= 15 is 0 Å². The van der Waals surface area contributed by atoms with Gasteiger partial charge in [0, 0.05) is 0 Å². The fourth-order valence-electron chi connectivity index (χ4n) is 0.983. The minimum absolute atomic E-state index is 0.192. The van der Waals surface area contributed by atoms with Crippen LogP contribution < -0.4 is 4.74 Å². The molecule has 1 rings (SSSR count). The van der Waals surface area contributed by atoms with Crippen molar-refractivity contribution >= 4 is 5.78 Å². The highest BCUT2D eigenvalue weighted by molar-refractivity contribution is 6.06. The molecule has 3 heteroatoms. The Morgan fingerprint density at radius 1 is 1.62 bits per heavy atom. The quantitative estimate of drug-likeness (QED) is 0.526. The molecule has 0 aliphatic carbocycles. The summed E-state index contributed by atoms with van der Waals surface area (Å²) in [5.41, 5.74) is 0.192. The molecule has 0 heterocycles. The van der Waals surface area contributed by atoms with E-state index in [-0.39, 0.29) is 11.3 Å². The summed E-state index contributed by atoms with van der Waals surface area (Å²) in [6, 6.07) is 3.77. The monoisotopic (exact) mass is 180 g/mol. The molecular weight excluding hydrogens is 171 g/mol. The van der Waals surface area contributed by atoms with Crippen LogP contribution in [0, 0.1) is 5.82 Å². The topological polar surface area (TPSA) is 26.3 Å². The van der Waals surface area contributed by atoms with Crippen LogP contribution in [-0.4, -0.2) is 12.9 Å². The first-order valence-corrected chi connectivity index (χ1v) is 3.69. The Kier molecular flexibility index (Phi) is 2.80. The number of carbonyl (C=O) groups excluding carboxylic acids is 1. The van der Waals surface area contributed by atoms with E-state index in [1.807, 2.05) is 0 Å². The number of hydrogen-bond acceptors (Lipinski definition) is 2. The number of rotatable bonds is 3. The van der Waals surface area contributed by atoms with E-state index in [0.29, 0.717) is 5.75 Å². The van der Waals surface area contributed by atoms with Crippen LogP contribution in [0.25, 0.3) is 0 Å². The third-order valence-corrected chi connectivity index (χ3v) is 1.61. The van der Waals surface area contributed by atoms with Crippen LogP contribution in [-0.2, 0) is 0 Å². The number of allylic oxidation sites excluding steroid dienone is 1. The maximum atomic E-state index is 12.7. The van der Waals surface area contributed by atoms with Crippen LogP contribution in [0.4, 0.5) is 4.39 Å². The number of carbonyl (C=O) groups is 1. The molecule has 0 amide bonds. The second-order valence-electron chi connectivity index (χ2n) is 2.41. The molecule has 0 saturated carbocycles. The smallest absolute Gasteiger partial charge is 0.189 e. The third-order valence-electron chi connectivity index (χ3n) is 1.61. The van der Waals surface area contributed by atoms with Crippen molar-refractivity contribution in [3.05, 3.63) is 42.2 Å². The summed E-state index contributed by atoms with van der Waals surface area (Å²) in [5.74, 6) is -0.464. The predicted octanol–water partition coefficient (Wildman–Crippen LogP) is 2.20. The van der Waals surface area contributed by atoms with Gasteiger partial charge in [0.2, 0.25) is 0 Å². The number of ketones is 1. The highest BCUT2D eigenvalue weighted by atomic mass is 19.1. The number of hydrogen-bond donors (Lipinski definition) is 0. The van der Waals surface area contributed by atoms with E-state index in [1.54, 1.807) is 0 Å². The number of benzene rings is 1. The standard InChI is InChI=1S/C10H9FO2/c1-3-9(12)8-6-7(11)4-5-10(8)13-2/h3-6H,1H2,2H3. The molecule has 0 atom stereocenters. The van der Waals surface area contributed by atoms with Gasteiger partial charge in [-0.15, -0.1) is 0 Å². The lowest BCUT2D eigenvalue weighted by Gasteiger charge is -2.04. The number of methoxy groups -OCH3 is 1. The average molecular weight is 180 g/mol. The van der Waals surface area contributed by atoms with Gasteiger partial charge in [-0.3, -0.25) is 4.79 Å². The lowest BCUT2D eigenvalue weighted by molar-refractivity contribution is 0.104. The molecule has 0 aromatic heterocycles. The largest absolute Gasteiger partial charge is 0.496 e. The highest BCUT2D eigenvalue weighted by Crippen LogP contribution is 2.19. The maximum absolute atomic E-state index is 12.7. The summed E-state index contributed by atoms with van der Waals surface area (Å²) in [4.78, 5) is 11.2. The maximum Gasteiger partial charge on any atom is 0.189 e. The Bertz CT molecular complexity index is 345. The summed E-state index contributed by atoms with van der Waals surface area (Å²) in [7, 11) is 1.42. The van der Waals surface area contributed by atoms with Gasteiger partial charge in [0.1, 0.15) is 11.6 Å². The minimum Gasteiger partial charge on any atom is -0.496 e. The summed E-state index contributed by atoms with van der Waals surface area (Å²) < 4.78 is 17.6. The van der Waals surface area contributed by atoms with E-state index < -0.39 is 5.82 Å². The first-order chi connectivity index (χ1) is 6.19. The van der Waals surface area contributed by atoms with E-state index in [0.717, 1.165) is 12.1 Å². The van der Waals surface area contributed by atoms with Crippen molar-refractivity contribution < 1.29 is 13.9 Å². The van der Waals surface area contributed by atoms with Crippen molar-refractivity contribution in [1.82, 2.24) is 0 Å². The zero-order valence-corrected chi connectivity index (χ0v) is 7.21. The van der Waals surface area contributed by atoms with Crippen LogP contribution in [0.1, 0.15) is 10.4 Å². The van der Waals surface area contributed by atoms with Crippen LogP contribution in [0.5, 0.6) is 5.75 Å². The molecule has 0 radical (unpaired) electrons. The summed E-state index contributed by atoms with van der Waals surface area (Å²) in [6.45, 7) is 3.31. The van der Waals surface area contributed by atoms with Gasteiger partial charge < -0.3 is 4.74 Å². The molecular formula is C10H9FO2. The molecule has 0 aliphatic rings. The number of halogens is 1. The SMILES string of the molecule is C=CC(=O)c1cc(F)ccc1OC. The normalized spacial score (nSPS) is 9.38. The van der Waals surface area contributed by atoms with Gasteiger partial charge in [-0.1, -0.05) is 6.58 Å². The highest BCUT2D eigenvalue weighted by Gasteiger charge is 2.09. The van der Waals surface area contributed by atoms with Gasteiger partial charge in [0.25, 0.3) is 0 Å². The molecule has 2 nitrogen and oxygen atoms in total. The lowest BCUT2D eigenvalue weighted by atomic mass is 10.1. The summed E-state index contributed by atoms with van der Waals surface area (Å²) in [5, 5.41) is 0. The van der Waals surface area contributed by atoms with Crippen molar-refractivity contribution in [2.24, 2.45) is 0 Å². The summed E-state index contributed by atoms with van der Waals surface area (Å²) in [6.07, 6.45) is 1.12. The van der Waals surface area contributed by atoms with E-state index in [9.17, 15) is 9.18 Å². The van der Waals surface area contributed by atoms with E-state index in [1.165, 1.54) is 19.2 Å². The van der Waals surface area contributed by atoms with Crippen molar-refractivity contribution in [3.63, 3.8) is 0 Å². The minimum atomic E-state index is -0.467. The molecule has 13 heavy (non-hydrogen) atoms. The zero-order chi connectivity index (χ0) is 9.84. The fraction of sp³-hybridized carbons (Fsp3) is 0.100. The van der Waals surface area contributed by atoms with Gasteiger partial charge >= 0.3 is 0 Å². The van der Waals surface area contributed by atoms with Crippen LogP contribution >= 0.6 is 0 Å². The average Bonchev–Trinajstić information content (AvgIpc) is 2.16. The van der Waals surface area contributed by atoms with Gasteiger partial charge in [-0.05, 0) is 24.3 Å². The van der Waals surface area contributed by atoms with Gasteiger partial charge in [-0.25, -0.2) is 4.39 Å². The fourth-order valence-corrected chi connectivity index (χ4v) is 0.983. The Hall–Kier alpha value is -1.64. The van der Waals surface area contributed by atoms with Crippen LogP contribution in [0.2, 0.25) is 0 Å². The number of ether oxygens (including phenoxy) is 1. The first kappa shape index (κ1) is 9.45. The van der Waals surface area contributed by atoms with E-state index in [4.69, 9.17) is 4.74 Å². The van der Waals surface area contributed by atoms with Crippen molar-refractivity contribution in [3.8, 4) is 5.75 Å². The van der Waals surface area contributed by atoms with E-state index in [2.05, 4.69) is 6.58 Å². The first-order valence-electron chi connectivity index (χ1n) is 3.69. The van der Waals surface area contributed by atoms with Crippen molar-refractivity contribution in [2.75, 3.05) is 7.11 Å². The Morgan fingerprint density at radius 3 is 2.85 bits per heavy atom. The molecule has 0 unspecified atom stereocenters. The van der Waals surface area contributed by atoms with Crippen molar-refractivity contribution in [1.29, 1.82) is 0 Å². The lowest BCUT2D eigenvalue weighted by Crippen LogP contribution is -1.99. The molecule has 0 N–H and O–H groups in total. The Morgan fingerprint density at radius 2 is 2.31 bits per heavy atom. The van der Waals surface area contributed by atoms with Gasteiger partial charge in [0.05, 0.1) is 12.7 Å². The van der Waals surface area contributed by atoms with Crippen LogP contribution in [0.15, 0.2) is 30.9 Å². The second kappa shape index (κ2) is 3.85. The molecule has 0 bridgehead atoms. The summed E-state index contributed by atoms with van der Waals surface area (Å²) >= 11 is 0. The molecule has 0 spiro atoms. The van der Waals surface area contributed by atoms with Crippen LogP contribution in [0.3, 0.4) is 0 Å². The molecule has 0 fully saturated rings. The van der Waals surface area contributed by atoms with Gasteiger partial charge in [0.15, 0.2) is 5.78 Å². The molecule has 1 aromatic rings. The Balaban J connectivity index is 3.23. The Labute approximate surface area is 75.6 Å². The zero-order valence-electron chi connectivity index (χ0n) is 7.21. The molecule has 0 aliphatic heterocycles. The van der Waals surface area contributed by atoms with Gasteiger partial charge in [-0.2, -0.15) is 0 Å². The molecule has 68 valence electrons. The van der Waals surface area contributed by atoms with Crippen molar-refractivity contribution in [2.45, 2.75) is 0 Å². The predicted molar refractivity (Wildman–Crippen MR) is 47.5 cm³/mol. The second-order valence-corrected chi connectivity index (χ2v) is 2.41. The molecule has 0 saturated heterocycles.